The van der Waals surface area contributed by atoms with Crippen LogP contribution in [0.15, 0.2) is 36.5 Å². The van der Waals surface area contributed by atoms with Crippen LogP contribution in [-0.2, 0) is 6.42 Å². The number of nitrogens with zero attached hydrogens (tertiary/aromatic N) is 1. The number of anilines is 1. The third-order valence-corrected chi connectivity index (χ3v) is 3.36. The van der Waals surface area contributed by atoms with Crippen LogP contribution in [-0.4, -0.2) is 17.6 Å². The van der Waals surface area contributed by atoms with E-state index in [1.165, 1.54) is 0 Å². The summed E-state index contributed by atoms with van der Waals surface area (Å²) >= 11 is 6.16. The number of urea groups is 1. The fourth-order valence-electron chi connectivity index (χ4n) is 2.08. The Hall–Kier alpha value is -2.07. The van der Waals surface area contributed by atoms with E-state index in [0.717, 1.165) is 16.8 Å². The summed E-state index contributed by atoms with van der Waals surface area (Å²) in [5.74, 6) is 0. The van der Waals surface area contributed by atoms with Crippen molar-refractivity contribution in [3.8, 4) is 0 Å². The number of carbonyl (C=O) groups is 1. The largest absolute Gasteiger partial charge is 0.337 e. The van der Waals surface area contributed by atoms with Crippen LogP contribution >= 0.6 is 11.6 Å². The third-order valence-electron chi connectivity index (χ3n) is 3.06. The Kier molecular flexibility index (Phi) is 5.17. The zero-order valence-electron chi connectivity index (χ0n) is 12.1. The molecule has 1 aromatic heterocycles. The molecular formula is C16H18ClN3O. The maximum atomic E-state index is 11.9. The summed E-state index contributed by atoms with van der Waals surface area (Å²) in [7, 11) is 0. The van der Waals surface area contributed by atoms with Gasteiger partial charge in [0.1, 0.15) is 0 Å². The molecule has 0 atom stereocenters. The first-order chi connectivity index (χ1) is 10.1. The number of benzene rings is 1. The lowest BCUT2D eigenvalue weighted by Crippen LogP contribution is -2.31. The highest BCUT2D eigenvalue weighted by Crippen LogP contribution is 2.27. The summed E-state index contributed by atoms with van der Waals surface area (Å²) in [6, 6.07) is 9.28. The summed E-state index contributed by atoms with van der Waals surface area (Å²) in [4.78, 5) is 16.1. The molecule has 4 nitrogen and oxygen atoms in total. The Morgan fingerprint density at radius 3 is 2.76 bits per heavy atom. The van der Waals surface area contributed by atoms with Gasteiger partial charge in [-0.1, -0.05) is 23.7 Å². The van der Waals surface area contributed by atoms with Crippen LogP contribution in [0.3, 0.4) is 0 Å². The minimum atomic E-state index is -0.264. The van der Waals surface area contributed by atoms with Crippen molar-refractivity contribution < 1.29 is 4.79 Å². The van der Waals surface area contributed by atoms with E-state index in [1.807, 2.05) is 44.2 Å². The predicted molar refractivity (Wildman–Crippen MR) is 85.9 cm³/mol. The lowest BCUT2D eigenvalue weighted by atomic mass is 10.1. The maximum absolute atomic E-state index is 11.9. The van der Waals surface area contributed by atoms with E-state index in [2.05, 4.69) is 15.6 Å². The minimum absolute atomic E-state index is 0.264. The normalized spacial score (nSPS) is 10.2. The molecule has 2 aromatic rings. The average molecular weight is 304 g/mol. The Morgan fingerprint density at radius 1 is 1.29 bits per heavy atom. The topological polar surface area (TPSA) is 54.0 Å². The molecule has 110 valence electrons. The molecule has 2 rings (SSSR count). The van der Waals surface area contributed by atoms with Gasteiger partial charge >= 0.3 is 6.03 Å². The van der Waals surface area contributed by atoms with Gasteiger partial charge in [0.2, 0.25) is 0 Å². The van der Waals surface area contributed by atoms with Crippen LogP contribution in [0.2, 0.25) is 5.02 Å². The Balaban J connectivity index is 1.88. The summed E-state index contributed by atoms with van der Waals surface area (Å²) in [6.07, 6.45) is 2.43. The number of halogens is 1. The molecule has 21 heavy (non-hydrogen) atoms. The van der Waals surface area contributed by atoms with Crippen LogP contribution < -0.4 is 10.6 Å². The lowest BCUT2D eigenvalue weighted by molar-refractivity contribution is 0.252. The summed E-state index contributed by atoms with van der Waals surface area (Å²) in [6.45, 7) is 4.41. The second-order valence-electron chi connectivity index (χ2n) is 4.89. The quantitative estimate of drug-likeness (QED) is 0.904. The summed E-state index contributed by atoms with van der Waals surface area (Å²) in [5.41, 5.74) is 3.61. The van der Waals surface area contributed by atoms with Gasteiger partial charge < -0.3 is 10.6 Å². The molecule has 0 radical (unpaired) electrons. The SMILES string of the molecule is Cc1cc(C)c(NC(=O)NCCc2ccccn2)c(Cl)c1. The molecule has 0 saturated carbocycles. The van der Waals surface area contributed by atoms with Gasteiger partial charge in [-0.25, -0.2) is 4.79 Å². The first kappa shape index (κ1) is 15.3. The fourth-order valence-corrected chi connectivity index (χ4v) is 2.45. The van der Waals surface area contributed by atoms with Crippen molar-refractivity contribution >= 4 is 23.3 Å². The highest BCUT2D eigenvalue weighted by atomic mass is 35.5. The number of amides is 2. The smallest absolute Gasteiger partial charge is 0.319 e. The van der Waals surface area contributed by atoms with Crippen LogP contribution in [0.1, 0.15) is 16.8 Å². The van der Waals surface area contributed by atoms with Crippen molar-refractivity contribution in [2.75, 3.05) is 11.9 Å². The van der Waals surface area contributed by atoms with E-state index in [9.17, 15) is 4.79 Å². The predicted octanol–water partition coefficient (Wildman–Crippen LogP) is 3.72. The van der Waals surface area contributed by atoms with Crippen molar-refractivity contribution in [1.82, 2.24) is 10.3 Å². The standard InChI is InChI=1S/C16H18ClN3O/c1-11-9-12(2)15(14(17)10-11)20-16(21)19-8-6-13-5-3-4-7-18-13/h3-5,7,9-10H,6,8H2,1-2H3,(H2,19,20,21). The van der Waals surface area contributed by atoms with Gasteiger partial charge in [0.25, 0.3) is 0 Å². The molecular weight excluding hydrogens is 286 g/mol. The minimum Gasteiger partial charge on any atom is -0.337 e. The molecule has 1 heterocycles. The van der Waals surface area contributed by atoms with E-state index < -0.39 is 0 Å². The monoisotopic (exact) mass is 303 g/mol. The van der Waals surface area contributed by atoms with Crippen LogP contribution in [0.25, 0.3) is 0 Å². The lowest BCUT2D eigenvalue weighted by Gasteiger charge is -2.12. The fraction of sp³-hybridized carbons (Fsp3) is 0.250. The Morgan fingerprint density at radius 2 is 2.10 bits per heavy atom. The number of aromatic nitrogens is 1. The van der Waals surface area contributed by atoms with Gasteiger partial charge in [-0.15, -0.1) is 0 Å². The zero-order chi connectivity index (χ0) is 15.2. The average Bonchev–Trinajstić information content (AvgIpc) is 2.44. The number of aryl methyl sites for hydroxylation is 2. The molecule has 0 saturated heterocycles. The molecule has 5 heteroatoms. The molecule has 2 N–H and O–H groups in total. The molecule has 0 aliphatic heterocycles. The highest BCUT2D eigenvalue weighted by molar-refractivity contribution is 6.34. The van der Waals surface area contributed by atoms with Crippen molar-refractivity contribution in [2.24, 2.45) is 0 Å². The summed E-state index contributed by atoms with van der Waals surface area (Å²) in [5, 5.41) is 6.14. The van der Waals surface area contributed by atoms with E-state index >= 15 is 0 Å². The molecule has 0 bridgehead atoms. The molecule has 0 spiro atoms. The van der Waals surface area contributed by atoms with Gasteiger partial charge in [0.05, 0.1) is 10.7 Å². The van der Waals surface area contributed by atoms with E-state index in [0.29, 0.717) is 23.7 Å². The van der Waals surface area contributed by atoms with Crippen molar-refractivity contribution in [3.63, 3.8) is 0 Å². The molecule has 0 aliphatic carbocycles. The first-order valence-corrected chi connectivity index (χ1v) is 7.15. The van der Waals surface area contributed by atoms with Crippen LogP contribution in [0, 0.1) is 13.8 Å². The third kappa shape index (κ3) is 4.46. The zero-order valence-corrected chi connectivity index (χ0v) is 12.9. The number of carbonyl (C=O) groups excluding carboxylic acids is 1. The van der Waals surface area contributed by atoms with Crippen molar-refractivity contribution in [3.05, 3.63) is 58.4 Å². The number of rotatable bonds is 4. The Bertz CT molecular complexity index is 606. The van der Waals surface area contributed by atoms with Crippen molar-refractivity contribution in [1.29, 1.82) is 0 Å². The second-order valence-corrected chi connectivity index (χ2v) is 5.30. The van der Waals surface area contributed by atoms with E-state index in [-0.39, 0.29) is 6.03 Å². The van der Waals surface area contributed by atoms with Crippen LogP contribution in [0.4, 0.5) is 10.5 Å². The second kappa shape index (κ2) is 7.09. The Labute approximate surface area is 129 Å². The van der Waals surface area contributed by atoms with Gasteiger partial charge in [0.15, 0.2) is 0 Å². The van der Waals surface area contributed by atoms with Gasteiger partial charge in [-0.2, -0.15) is 0 Å². The maximum Gasteiger partial charge on any atom is 0.319 e. The molecule has 0 fully saturated rings. The number of nitrogens with one attached hydrogen (secondary N) is 2. The van der Waals surface area contributed by atoms with Crippen molar-refractivity contribution in [2.45, 2.75) is 20.3 Å². The molecule has 2 amide bonds. The van der Waals surface area contributed by atoms with Gasteiger partial charge in [-0.3, -0.25) is 4.98 Å². The van der Waals surface area contributed by atoms with E-state index in [4.69, 9.17) is 11.6 Å². The van der Waals surface area contributed by atoms with Gasteiger partial charge in [0, 0.05) is 24.9 Å². The number of hydrogen-bond donors (Lipinski definition) is 2. The number of pyridine rings is 1. The molecule has 0 aliphatic rings. The molecule has 0 unspecified atom stereocenters. The summed E-state index contributed by atoms with van der Waals surface area (Å²) < 4.78 is 0. The number of hydrogen-bond acceptors (Lipinski definition) is 2. The van der Waals surface area contributed by atoms with E-state index in [1.54, 1.807) is 6.20 Å². The first-order valence-electron chi connectivity index (χ1n) is 6.78. The van der Waals surface area contributed by atoms with Gasteiger partial charge in [-0.05, 0) is 43.2 Å². The highest BCUT2D eigenvalue weighted by Gasteiger charge is 2.09. The van der Waals surface area contributed by atoms with Crippen LogP contribution in [0.5, 0.6) is 0 Å². The molecule has 1 aromatic carbocycles.